The van der Waals surface area contributed by atoms with Crippen molar-refractivity contribution in [3.63, 3.8) is 0 Å². The molecule has 0 saturated heterocycles. The Balaban J connectivity index is 2.41. The lowest BCUT2D eigenvalue weighted by Crippen LogP contribution is -2.46. The van der Waals surface area contributed by atoms with E-state index in [1.165, 1.54) is 18.4 Å². The van der Waals surface area contributed by atoms with Gasteiger partial charge in [0.15, 0.2) is 0 Å². The molecule has 3 N–H and O–H groups in total. The summed E-state index contributed by atoms with van der Waals surface area (Å²) in [6.45, 7) is 8.79. The van der Waals surface area contributed by atoms with Crippen LogP contribution in [-0.2, 0) is 4.74 Å². The molecule has 1 aliphatic carbocycles. The van der Waals surface area contributed by atoms with Gasteiger partial charge in [0.1, 0.15) is 0 Å². The Morgan fingerprint density at radius 2 is 2.27 bits per heavy atom. The molecule has 3 heteroatoms. The maximum absolute atomic E-state index is 5.78. The van der Waals surface area contributed by atoms with E-state index < -0.39 is 0 Å². The SMILES string of the molecule is C=C(C)CCC(NN)C(OCC)C1CC1. The van der Waals surface area contributed by atoms with Crippen LogP contribution in [0.25, 0.3) is 0 Å². The first-order valence-electron chi connectivity index (χ1n) is 5.91. The van der Waals surface area contributed by atoms with Crippen molar-refractivity contribution in [1.82, 2.24) is 5.43 Å². The summed E-state index contributed by atoms with van der Waals surface area (Å²) in [6.07, 6.45) is 4.91. The number of nitrogens with two attached hydrogens (primary N) is 1. The van der Waals surface area contributed by atoms with E-state index in [2.05, 4.69) is 18.9 Å². The molecular weight excluding hydrogens is 188 g/mol. The summed E-state index contributed by atoms with van der Waals surface area (Å²) in [4.78, 5) is 0. The predicted molar refractivity (Wildman–Crippen MR) is 63.3 cm³/mol. The summed E-state index contributed by atoms with van der Waals surface area (Å²) in [6, 6.07) is 0.272. The number of allylic oxidation sites excluding steroid dienone is 1. The third-order valence-corrected chi connectivity index (χ3v) is 2.94. The van der Waals surface area contributed by atoms with Gasteiger partial charge in [-0.15, -0.1) is 6.58 Å². The van der Waals surface area contributed by atoms with Gasteiger partial charge in [0, 0.05) is 12.6 Å². The molecule has 2 unspecified atom stereocenters. The molecule has 88 valence electrons. The zero-order valence-corrected chi connectivity index (χ0v) is 9.96. The van der Waals surface area contributed by atoms with Gasteiger partial charge in [0.05, 0.1) is 6.10 Å². The summed E-state index contributed by atoms with van der Waals surface area (Å²) in [5.41, 5.74) is 4.11. The molecule has 0 aromatic heterocycles. The molecular formula is C12H24N2O. The fourth-order valence-electron chi connectivity index (χ4n) is 1.94. The van der Waals surface area contributed by atoms with E-state index in [-0.39, 0.29) is 6.04 Å². The summed E-state index contributed by atoms with van der Waals surface area (Å²) in [5.74, 6) is 6.31. The topological polar surface area (TPSA) is 47.3 Å². The molecule has 0 amide bonds. The molecule has 0 bridgehead atoms. The summed E-state index contributed by atoms with van der Waals surface area (Å²) in [7, 11) is 0. The molecule has 0 heterocycles. The standard InChI is InChI=1S/C12H24N2O/c1-4-15-12(10-6-7-10)11(14-13)8-5-9(2)3/h10-12,14H,2,4-8,13H2,1,3H3. The third kappa shape index (κ3) is 4.33. The molecule has 2 atom stereocenters. The number of rotatable bonds is 8. The van der Waals surface area contributed by atoms with Crippen molar-refractivity contribution in [2.24, 2.45) is 11.8 Å². The van der Waals surface area contributed by atoms with E-state index in [0.29, 0.717) is 6.10 Å². The van der Waals surface area contributed by atoms with Crippen molar-refractivity contribution in [3.8, 4) is 0 Å². The molecule has 1 saturated carbocycles. The van der Waals surface area contributed by atoms with Gasteiger partial charge in [-0.25, -0.2) is 0 Å². The monoisotopic (exact) mass is 212 g/mol. The normalized spacial score (nSPS) is 19.9. The minimum absolute atomic E-state index is 0.272. The molecule has 0 spiro atoms. The number of nitrogens with one attached hydrogen (secondary N) is 1. The lowest BCUT2D eigenvalue weighted by atomic mass is 10.00. The van der Waals surface area contributed by atoms with Crippen LogP contribution in [0, 0.1) is 5.92 Å². The van der Waals surface area contributed by atoms with Gasteiger partial charge in [-0.3, -0.25) is 11.3 Å². The van der Waals surface area contributed by atoms with Crippen LogP contribution in [0.3, 0.4) is 0 Å². The van der Waals surface area contributed by atoms with Crippen LogP contribution in [0.5, 0.6) is 0 Å². The van der Waals surface area contributed by atoms with Gasteiger partial charge in [-0.2, -0.15) is 0 Å². The van der Waals surface area contributed by atoms with Crippen molar-refractivity contribution < 1.29 is 4.74 Å². The Kier molecular flexibility index (Phi) is 5.29. The van der Waals surface area contributed by atoms with E-state index in [1.54, 1.807) is 0 Å². The van der Waals surface area contributed by atoms with Crippen LogP contribution >= 0.6 is 0 Å². The van der Waals surface area contributed by atoms with Gasteiger partial charge >= 0.3 is 0 Å². The second-order valence-electron chi connectivity index (χ2n) is 4.53. The molecule has 1 aliphatic rings. The Labute approximate surface area is 93.0 Å². The van der Waals surface area contributed by atoms with Crippen LogP contribution in [-0.4, -0.2) is 18.8 Å². The molecule has 15 heavy (non-hydrogen) atoms. The van der Waals surface area contributed by atoms with Crippen molar-refractivity contribution in [3.05, 3.63) is 12.2 Å². The zero-order valence-electron chi connectivity index (χ0n) is 9.96. The molecule has 0 radical (unpaired) electrons. The molecule has 0 aromatic rings. The average molecular weight is 212 g/mol. The average Bonchev–Trinajstić information content (AvgIpc) is 3.00. The minimum atomic E-state index is 0.272. The van der Waals surface area contributed by atoms with Crippen LogP contribution in [0.2, 0.25) is 0 Å². The van der Waals surface area contributed by atoms with Gasteiger partial charge in [0.25, 0.3) is 0 Å². The number of hydrogen-bond acceptors (Lipinski definition) is 3. The van der Waals surface area contributed by atoms with Crippen LogP contribution in [0.4, 0.5) is 0 Å². The van der Waals surface area contributed by atoms with Crippen molar-refractivity contribution >= 4 is 0 Å². The molecule has 3 nitrogen and oxygen atoms in total. The highest BCUT2D eigenvalue weighted by molar-refractivity contribution is 4.94. The number of hydrogen-bond donors (Lipinski definition) is 2. The Morgan fingerprint density at radius 3 is 2.67 bits per heavy atom. The predicted octanol–water partition coefficient (Wildman–Crippen LogP) is 1.99. The van der Waals surface area contributed by atoms with Crippen molar-refractivity contribution in [2.75, 3.05) is 6.61 Å². The van der Waals surface area contributed by atoms with Gasteiger partial charge < -0.3 is 4.74 Å². The number of hydrazine groups is 1. The maximum atomic E-state index is 5.78. The second-order valence-corrected chi connectivity index (χ2v) is 4.53. The first-order chi connectivity index (χ1) is 7.19. The summed E-state index contributed by atoms with van der Waals surface area (Å²) >= 11 is 0. The van der Waals surface area contributed by atoms with Crippen LogP contribution < -0.4 is 11.3 Å². The molecule has 1 fully saturated rings. The van der Waals surface area contributed by atoms with E-state index in [9.17, 15) is 0 Å². The van der Waals surface area contributed by atoms with Gasteiger partial charge in [0.2, 0.25) is 0 Å². The largest absolute Gasteiger partial charge is 0.377 e. The highest BCUT2D eigenvalue weighted by Crippen LogP contribution is 2.36. The third-order valence-electron chi connectivity index (χ3n) is 2.94. The van der Waals surface area contributed by atoms with E-state index in [0.717, 1.165) is 25.4 Å². The second kappa shape index (κ2) is 6.26. The lowest BCUT2D eigenvalue weighted by molar-refractivity contribution is 0.0171. The zero-order chi connectivity index (χ0) is 11.3. The van der Waals surface area contributed by atoms with E-state index in [4.69, 9.17) is 10.6 Å². The van der Waals surface area contributed by atoms with Gasteiger partial charge in [-0.1, -0.05) is 5.57 Å². The smallest absolute Gasteiger partial charge is 0.0769 e. The quantitative estimate of drug-likeness (QED) is 0.367. The van der Waals surface area contributed by atoms with Gasteiger partial charge in [-0.05, 0) is 45.4 Å². The van der Waals surface area contributed by atoms with Crippen molar-refractivity contribution in [2.45, 2.75) is 51.7 Å². The lowest BCUT2D eigenvalue weighted by Gasteiger charge is -2.26. The summed E-state index contributed by atoms with van der Waals surface area (Å²) < 4.78 is 5.78. The van der Waals surface area contributed by atoms with Crippen molar-refractivity contribution in [1.29, 1.82) is 0 Å². The molecule has 0 aromatic carbocycles. The molecule has 0 aliphatic heterocycles. The fraction of sp³-hybridized carbons (Fsp3) is 0.833. The van der Waals surface area contributed by atoms with E-state index >= 15 is 0 Å². The maximum Gasteiger partial charge on any atom is 0.0769 e. The molecule has 1 rings (SSSR count). The highest BCUT2D eigenvalue weighted by atomic mass is 16.5. The highest BCUT2D eigenvalue weighted by Gasteiger charge is 2.36. The first-order valence-corrected chi connectivity index (χ1v) is 5.91. The Hall–Kier alpha value is -0.380. The van der Waals surface area contributed by atoms with Crippen LogP contribution in [0.15, 0.2) is 12.2 Å². The Bertz CT molecular complexity index is 202. The Morgan fingerprint density at radius 1 is 1.60 bits per heavy atom. The summed E-state index contributed by atoms with van der Waals surface area (Å²) in [5, 5.41) is 0. The fourth-order valence-corrected chi connectivity index (χ4v) is 1.94. The van der Waals surface area contributed by atoms with Crippen LogP contribution in [0.1, 0.15) is 39.5 Å². The van der Waals surface area contributed by atoms with E-state index in [1.807, 2.05) is 6.92 Å². The minimum Gasteiger partial charge on any atom is -0.377 e. The number of ether oxygens (including phenoxy) is 1. The first kappa shape index (κ1) is 12.7.